The number of fused-ring (bicyclic) bond motifs is 1. The summed E-state index contributed by atoms with van der Waals surface area (Å²) in [6, 6.07) is 9.01. The molecule has 2 aromatic rings. The first-order valence-electron chi connectivity index (χ1n) is 11.8. The molecule has 0 aliphatic carbocycles. The van der Waals surface area contributed by atoms with Gasteiger partial charge in [0.15, 0.2) is 17.3 Å². The number of halogens is 1. The van der Waals surface area contributed by atoms with Crippen molar-refractivity contribution >= 4 is 17.4 Å². The fraction of sp³-hybridized carbons (Fsp3) is 0.462. The van der Waals surface area contributed by atoms with Crippen molar-refractivity contribution in [3.63, 3.8) is 0 Å². The van der Waals surface area contributed by atoms with Crippen LogP contribution >= 0.6 is 0 Å². The number of methoxy groups -OCH3 is 3. The largest absolute Gasteiger partial charge is 0.493 e. The van der Waals surface area contributed by atoms with Crippen LogP contribution in [-0.2, 0) is 11.2 Å². The maximum Gasteiger partial charge on any atom is 0.337 e. The standard InChI is InChI=1S/C26H33FN4O4/c1-16-14-20-21(15-22(34-4)25(35-5)23(20)27)24(29-31(16)26(32)28-2)17-6-8-18(9-7-17)30-12-10-19(33-3)11-13-30/h6-9,15-16,19H,10-14H2,1-5H3,(H,28,32). The second-order valence-corrected chi connectivity index (χ2v) is 8.82. The molecular weight excluding hydrogens is 451 g/mol. The number of anilines is 1. The molecule has 2 amide bonds. The Kier molecular flexibility index (Phi) is 7.45. The van der Waals surface area contributed by atoms with Crippen LogP contribution in [0.4, 0.5) is 14.9 Å². The molecule has 188 valence electrons. The van der Waals surface area contributed by atoms with Crippen LogP contribution in [-0.4, -0.2) is 70.4 Å². The Hall–Kier alpha value is -3.33. The number of urea groups is 1. The van der Waals surface area contributed by atoms with E-state index in [4.69, 9.17) is 19.3 Å². The van der Waals surface area contributed by atoms with Crippen LogP contribution in [0, 0.1) is 5.82 Å². The van der Waals surface area contributed by atoms with Crippen molar-refractivity contribution in [2.24, 2.45) is 5.10 Å². The van der Waals surface area contributed by atoms with E-state index in [-0.39, 0.29) is 30.0 Å². The van der Waals surface area contributed by atoms with Crippen LogP contribution in [0.15, 0.2) is 35.4 Å². The summed E-state index contributed by atoms with van der Waals surface area (Å²) in [5, 5.41) is 8.72. The summed E-state index contributed by atoms with van der Waals surface area (Å²) in [6.45, 7) is 3.69. The number of nitrogens with zero attached hydrogens (tertiary/aromatic N) is 3. The van der Waals surface area contributed by atoms with E-state index in [1.54, 1.807) is 20.2 Å². The third-order valence-electron chi connectivity index (χ3n) is 6.80. The number of hydrogen-bond acceptors (Lipinski definition) is 6. The van der Waals surface area contributed by atoms with E-state index in [0.29, 0.717) is 22.9 Å². The topological polar surface area (TPSA) is 75.6 Å². The third-order valence-corrected chi connectivity index (χ3v) is 6.80. The number of hydrazone groups is 1. The molecule has 1 fully saturated rings. The fourth-order valence-electron chi connectivity index (χ4n) is 4.80. The number of carbonyl (C=O) groups is 1. The van der Waals surface area contributed by atoms with E-state index >= 15 is 4.39 Å². The van der Waals surface area contributed by atoms with Gasteiger partial charge in [0.2, 0.25) is 0 Å². The zero-order valence-electron chi connectivity index (χ0n) is 20.9. The summed E-state index contributed by atoms with van der Waals surface area (Å²) in [5.41, 5.74) is 3.39. The Labute approximate surface area is 205 Å². The smallest absolute Gasteiger partial charge is 0.337 e. The zero-order chi connectivity index (χ0) is 25.1. The highest BCUT2D eigenvalue weighted by atomic mass is 19.1. The van der Waals surface area contributed by atoms with Gasteiger partial charge in [0.25, 0.3) is 0 Å². The predicted octanol–water partition coefficient (Wildman–Crippen LogP) is 3.80. The van der Waals surface area contributed by atoms with Crippen molar-refractivity contribution in [2.45, 2.75) is 38.3 Å². The number of amides is 2. The van der Waals surface area contributed by atoms with Crippen molar-refractivity contribution in [1.29, 1.82) is 0 Å². The first-order chi connectivity index (χ1) is 16.9. The second kappa shape index (κ2) is 10.5. The lowest BCUT2D eigenvalue weighted by Crippen LogP contribution is -2.41. The van der Waals surface area contributed by atoms with E-state index in [1.807, 2.05) is 31.2 Å². The minimum absolute atomic E-state index is 0.0426. The number of benzene rings is 2. The molecule has 2 heterocycles. The van der Waals surface area contributed by atoms with E-state index in [1.165, 1.54) is 19.2 Å². The van der Waals surface area contributed by atoms with Gasteiger partial charge < -0.3 is 24.4 Å². The Bertz CT molecular complexity index is 1100. The monoisotopic (exact) mass is 484 g/mol. The zero-order valence-corrected chi connectivity index (χ0v) is 20.9. The molecule has 35 heavy (non-hydrogen) atoms. The molecule has 4 rings (SSSR count). The molecule has 0 radical (unpaired) electrons. The second-order valence-electron chi connectivity index (χ2n) is 8.82. The van der Waals surface area contributed by atoms with Crippen LogP contribution in [0.1, 0.15) is 36.5 Å². The highest BCUT2D eigenvalue weighted by Gasteiger charge is 2.31. The molecule has 8 nitrogen and oxygen atoms in total. The van der Waals surface area contributed by atoms with E-state index in [2.05, 4.69) is 10.2 Å². The van der Waals surface area contributed by atoms with Gasteiger partial charge in [-0.25, -0.2) is 14.2 Å². The first kappa shape index (κ1) is 24.8. The molecule has 2 aliphatic heterocycles. The Morgan fingerprint density at radius 2 is 1.80 bits per heavy atom. The molecule has 0 spiro atoms. The highest BCUT2D eigenvalue weighted by Crippen LogP contribution is 2.38. The lowest BCUT2D eigenvalue weighted by molar-refractivity contribution is 0.0819. The summed E-state index contributed by atoms with van der Waals surface area (Å²) < 4.78 is 31.8. The molecule has 1 saturated heterocycles. The molecule has 1 unspecified atom stereocenters. The number of piperidine rings is 1. The number of nitrogens with one attached hydrogen (secondary N) is 1. The summed E-state index contributed by atoms with van der Waals surface area (Å²) >= 11 is 0. The average Bonchev–Trinajstić information content (AvgIpc) is 3.04. The van der Waals surface area contributed by atoms with Crippen LogP contribution < -0.4 is 19.7 Å². The van der Waals surface area contributed by atoms with Crippen molar-refractivity contribution in [3.05, 3.63) is 52.8 Å². The van der Waals surface area contributed by atoms with Gasteiger partial charge in [-0.05, 0) is 44.4 Å². The first-order valence-corrected chi connectivity index (χ1v) is 11.8. The molecule has 2 aromatic carbocycles. The SMILES string of the molecule is CNC(=O)N1N=C(c2ccc(N3CCC(OC)CC3)cc2)c2cc(OC)c(OC)c(F)c2CC1C. The van der Waals surface area contributed by atoms with Crippen LogP contribution in [0.25, 0.3) is 0 Å². The molecule has 1 N–H and O–H groups in total. The fourth-order valence-corrected chi connectivity index (χ4v) is 4.80. The third kappa shape index (κ3) is 4.77. The van der Waals surface area contributed by atoms with Gasteiger partial charge in [0.1, 0.15) is 0 Å². The van der Waals surface area contributed by atoms with Gasteiger partial charge in [-0.15, -0.1) is 0 Å². The molecule has 2 aliphatic rings. The van der Waals surface area contributed by atoms with Crippen LogP contribution in [0.5, 0.6) is 11.5 Å². The molecule has 1 atom stereocenters. The van der Waals surface area contributed by atoms with E-state index in [0.717, 1.165) is 37.2 Å². The van der Waals surface area contributed by atoms with Gasteiger partial charge in [-0.3, -0.25) is 0 Å². The van der Waals surface area contributed by atoms with E-state index < -0.39 is 5.82 Å². The summed E-state index contributed by atoms with van der Waals surface area (Å²) in [5.74, 6) is -0.186. The lowest BCUT2D eigenvalue weighted by atomic mass is 9.93. The van der Waals surface area contributed by atoms with Crippen molar-refractivity contribution in [1.82, 2.24) is 10.3 Å². The normalized spacial score (nSPS) is 18.5. The molecule has 0 aromatic heterocycles. The van der Waals surface area contributed by atoms with Crippen molar-refractivity contribution in [2.75, 3.05) is 46.4 Å². The molecule has 0 bridgehead atoms. The minimum Gasteiger partial charge on any atom is -0.493 e. The molecule has 0 saturated carbocycles. The predicted molar refractivity (Wildman–Crippen MR) is 133 cm³/mol. The maximum atomic E-state index is 15.6. The van der Waals surface area contributed by atoms with Gasteiger partial charge in [-0.2, -0.15) is 5.10 Å². The van der Waals surface area contributed by atoms with Crippen molar-refractivity contribution in [3.8, 4) is 11.5 Å². The van der Waals surface area contributed by atoms with Gasteiger partial charge in [-0.1, -0.05) is 12.1 Å². The average molecular weight is 485 g/mol. The highest BCUT2D eigenvalue weighted by molar-refractivity contribution is 6.14. The van der Waals surface area contributed by atoms with Gasteiger partial charge in [0, 0.05) is 49.6 Å². The molecule has 9 heteroatoms. The number of carbonyl (C=O) groups excluding carboxylic acids is 1. The number of ether oxygens (including phenoxy) is 3. The minimum atomic E-state index is -0.502. The number of rotatable bonds is 5. The van der Waals surface area contributed by atoms with Gasteiger partial charge >= 0.3 is 6.03 Å². The van der Waals surface area contributed by atoms with E-state index in [9.17, 15) is 4.79 Å². The summed E-state index contributed by atoms with van der Waals surface area (Å²) in [4.78, 5) is 15.0. The summed E-state index contributed by atoms with van der Waals surface area (Å²) in [7, 11) is 6.19. The van der Waals surface area contributed by atoms with Crippen molar-refractivity contribution < 1.29 is 23.4 Å². The quantitative estimate of drug-likeness (QED) is 0.699. The molecular formula is C26H33FN4O4. The Balaban J connectivity index is 1.78. The summed E-state index contributed by atoms with van der Waals surface area (Å²) in [6.07, 6.45) is 2.55. The van der Waals surface area contributed by atoms with Gasteiger partial charge in [0.05, 0.1) is 32.1 Å². The Morgan fingerprint density at radius 1 is 1.11 bits per heavy atom. The maximum absolute atomic E-state index is 15.6. The lowest BCUT2D eigenvalue weighted by Gasteiger charge is -2.33. The van der Waals surface area contributed by atoms with Crippen LogP contribution in [0.2, 0.25) is 0 Å². The Morgan fingerprint density at radius 3 is 2.37 bits per heavy atom. The van der Waals surface area contributed by atoms with Crippen LogP contribution in [0.3, 0.4) is 0 Å². The number of hydrogen-bond donors (Lipinski definition) is 1.